The fourth-order valence-corrected chi connectivity index (χ4v) is 5.40. The molecule has 2 saturated carbocycles. The summed E-state index contributed by atoms with van der Waals surface area (Å²) >= 11 is 0. The maximum atomic E-state index is 12.3. The summed E-state index contributed by atoms with van der Waals surface area (Å²) in [5, 5.41) is -0.258. The molecule has 0 aromatic carbocycles. The third kappa shape index (κ3) is 3.34. The molecule has 0 aromatic rings. The fraction of sp³-hybridized carbons (Fsp3) is 0.929. The van der Waals surface area contributed by atoms with Crippen molar-refractivity contribution in [1.29, 1.82) is 0 Å². The first-order valence-electron chi connectivity index (χ1n) is 7.23. The summed E-state index contributed by atoms with van der Waals surface area (Å²) < 4.78 is 24.6. The van der Waals surface area contributed by atoms with Crippen LogP contribution in [0.4, 0.5) is 0 Å². The van der Waals surface area contributed by atoms with Crippen LogP contribution in [0.5, 0.6) is 0 Å². The zero-order chi connectivity index (χ0) is 13.2. The van der Waals surface area contributed by atoms with Crippen molar-refractivity contribution < 1.29 is 13.2 Å². The first-order chi connectivity index (χ1) is 8.49. The summed E-state index contributed by atoms with van der Waals surface area (Å²) in [4.78, 5) is 12.0. The molecule has 2 aliphatic carbocycles. The van der Waals surface area contributed by atoms with Crippen LogP contribution in [0.3, 0.4) is 0 Å². The van der Waals surface area contributed by atoms with Gasteiger partial charge in [-0.1, -0.05) is 32.6 Å². The van der Waals surface area contributed by atoms with E-state index in [1.165, 1.54) is 0 Å². The average Bonchev–Trinajstić information content (AvgIpc) is 2.82. The number of carbonyl (C=O) groups is 1. The van der Waals surface area contributed by atoms with Gasteiger partial charge in [-0.15, -0.1) is 0 Å². The van der Waals surface area contributed by atoms with Crippen molar-refractivity contribution in [1.82, 2.24) is 0 Å². The highest BCUT2D eigenvalue weighted by atomic mass is 32.2. The predicted octanol–water partition coefficient (Wildman–Crippen LogP) is 2.74. The highest BCUT2D eigenvalue weighted by Gasteiger charge is 2.34. The van der Waals surface area contributed by atoms with E-state index in [4.69, 9.17) is 0 Å². The summed E-state index contributed by atoms with van der Waals surface area (Å²) in [5.74, 6) is 0.293. The van der Waals surface area contributed by atoms with E-state index in [1.54, 1.807) is 0 Å². The van der Waals surface area contributed by atoms with E-state index in [0.717, 1.165) is 51.4 Å². The van der Waals surface area contributed by atoms with E-state index in [2.05, 4.69) is 6.92 Å². The minimum atomic E-state index is -3.20. The summed E-state index contributed by atoms with van der Waals surface area (Å²) in [7, 11) is -3.20. The molecular weight excluding hydrogens is 248 g/mol. The third-order valence-electron chi connectivity index (χ3n) is 4.55. The monoisotopic (exact) mass is 272 g/mol. The van der Waals surface area contributed by atoms with Gasteiger partial charge in [0.15, 0.2) is 15.6 Å². The van der Waals surface area contributed by atoms with Crippen molar-refractivity contribution >= 4 is 15.6 Å². The van der Waals surface area contributed by atoms with Crippen molar-refractivity contribution in [2.45, 2.75) is 63.5 Å². The SMILES string of the molecule is CC1CCCC(S(=O)(=O)CC(=O)C2CCCC2)C1. The van der Waals surface area contributed by atoms with E-state index in [9.17, 15) is 13.2 Å². The molecule has 104 valence electrons. The van der Waals surface area contributed by atoms with Crippen LogP contribution >= 0.6 is 0 Å². The Bertz CT molecular complexity index is 393. The van der Waals surface area contributed by atoms with Crippen molar-refractivity contribution in [3.05, 3.63) is 0 Å². The van der Waals surface area contributed by atoms with Gasteiger partial charge in [-0.25, -0.2) is 8.42 Å². The number of ketones is 1. The molecule has 0 spiro atoms. The summed E-state index contributed by atoms with van der Waals surface area (Å²) in [6.07, 6.45) is 7.58. The molecule has 2 fully saturated rings. The van der Waals surface area contributed by atoms with Crippen molar-refractivity contribution in [3.63, 3.8) is 0 Å². The molecule has 18 heavy (non-hydrogen) atoms. The highest BCUT2D eigenvalue weighted by molar-refractivity contribution is 7.92. The van der Waals surface area contributed by atoms with Gasteiger partial charge in [0.1, 0.15) is 5.75 Å². The Hall–Kier alpha value is -0.380. The predicted molar refractivity (Wildman–Crippen MR) is 72.2 cm³/mol. The molecule has 0 amide bonds. The number of hydrogen-bond donors (Lipinski definition) is 0. The maximum Gasteiger partial charge on any atom is 0.160 e. The first-order valence-corrected chi connectivity index (χ1v) is 8.95. The Labute approximate surface area is 110 Å². The lowest BCUT2D eigenvalue weighted by atomic mass is 9.91. The lowest BCUT2D eigenvalue weighted by Gasteiger charge is -2.26. The molecule has 2 aliphatic rings. The van der Waals surface area contributed by atoms with Crippen LogP contribution in [0.25, 0.3) is 0 Å². The smallest absolute Gasteiger partial charge is 0.160 e. The minimum Gasteiger partial charge on any atom is -0.298 e. The molecule has 2 atom stereocenters. The molecule has 0 N–H and O–H groups in total. The second-order valence-electron chi connectivity index (χ2n) is 6.15. The van der Waals surface area contributed by atoms with Gasteiger partial charge in [-0.05, 0) is 31.6 Å². The summed E-state index contributed by atoms with van der Waals surface area (Å²) in [6.45, 7) is 2.11. The Kier molecular flexibility index (Phi) is 4.46. The molecule has 2 unspecified atom stereocenters. The van der Waals surface area contributed by atoms with Gasteiger partial charge in [0, 0.05) is 5.92 Å². The Morgan fingerprint density at radius 1 is 1.06 bits per heavy atom. The zero-order valence-electron chi connectivity index (χ0n) is 11.2. The van der Waals surface area contributed by atoms with Crippen molar-refractivity contribution in [2.24, 2.45) is 11.8 Å². The number of Topliss-reactive ketones (excluding diaryl/α,β-unsaturated/α-hetero) is 1. The van der Waals surface area contributed by atoms with Crippen molar-refractivity contribution in [2.75, 3.05) is 5.75 Å². The molecule has 4 heteroatoms. The molecule has 0 aromatic heterocycles. The van der Waals surface area contributed by atoms with Crippen LogP contribution in [0.2, 0.25) is 0 Å². The topological polar surface area (TPSA) is 51.2 Å². The van der Waals surface area contributed by atoms with Crippen LogP contribution in [-0.4, -0.2) is 25.2 Å². The van der Waals surface area contributed by atoms with Crippen LogP contribution in [0, 0.1) is 11.8 Å². The summed E-state index contributed by atoms with van der Waals surface area (Å²) in [6, 6.07) is 0. The molecule has 0 saturated heterocycles. The second kappa shape index (κ2) is 5.72. The second-order valence-corrected chi connectivity index (χ2v) is 8.43. The highest BCUT2D eigenvalue weighted by Crippen LogP contribution is 2.30. The zero-order valence-corrected chi connectivity index (χ0v) is 12.0. The Morgan fingerprint density at radius 2 is 1.72 bits per heavy atom. The molecule has 2 rings (SSSR count). The van der Waals surface area contributed by atoms with Crippen molar-refractivity contribution in [3.8, 4) is 0 Å². The van der Waals surface area contributed by atoms with E-state index in [-0.39, 0.29) is 22.7 Å². The van der Waals surface area contributed by atoms with E-state index in [0.29, 0.717) is 5.92 Å². The first kappa shape index (κ1) is 14.0. The minimum absolute atomic E-state index is 0.0225. The molecule has 0 radical (unpaired) electrons. The fourth-order valence-electron chi connectivity index (χ4n) is 3.39. The standard InChI is InChI=1S/C14H24O3S/c1-11-5-4-8-13(9-11)18(16,17)10-14(15)12-6-2-3-7-12/h11-13H,2-10H2,1H3. The lowest BCUT2D eigenvalue weighted by molar-refractivity contribution is -0.120. The van der Waals surface area contributed by atoms with Crippen LogP contribution in [0.1, 0.15) is 58.3 Å². The van der Waals surface area contributed by atoms with Gasteiger partial charge < -0.3 is 0 Å². The number of carbonyl (C=O) groups excluding carboxylic acids is 1. The normalized spacial score (nSPS) is 30.5. The Morgan fingerprint density at radius 3 is 2.33 bits per heavy atom. The Balaban J connectivity index is 1.95. The maximum absolute atomic E-state index is 12.3. The van der Waals surface area contributed by atoms with Crippen LogP contribution in [-0.2, 0) is 14.6 Å². The molecule has 0 aliphatic heterocycles. The van der Waals surface area contributed by atoms with Gasteiger partial charge in [-0.2, -0.15) is 0 Å². The number of rotatable bonds is 4. The third-order valence-corrected chi connectivity index (χ3v) is 6.68. The lowest BCUT2D eigenvalue weighted by Crippen LogP contribution is -2.33. The largest absolute Gasteiger partial charge is 0.298 e. The quantitative estimate of drug-likeness (QED) is 0.790. The number of sulfone groups is 1. The molecular formula is C14H24O3S. The van der Waals surface area contributed by atoms with E-state index < -0.39 is 9.84 Å². The molecule has 0 bridgehead atoms. The molecule has 3 nitrogen and oxygen atoms in total. The van der Waals surface area contributed by atoms with Gasteiger partial charge in [-0.3, -0.25) is 4.79 Å². The van der Waals surface area contributed by atoms with Gasteiger partial charge in [0.05, 0.1) is 5.25 Å². The van der Waals surface area contributed by atoms with Crippen LogP contribution in [0.15, 0.2) is 0 Å². The van der Waals surface area contributed by atoms with E-state index >= 15 is 0 Å². The molecule has 0 heterocycles. The van der Waals surface area contributed by atoms with Gasteiger partial charge >= 0.3 is 0 Å². The average molecular weight is 272 g/mol. The van der Waals surface area contributed by atoms with Gasteiger partial charge in [0.25, 0.3) is 0 Å². The number of hydrogen-bond acceptors (Lipinski definition) is 3. The van der Waals surface area contributed by atoms with Crippen LogP contribution < -0.4 is 0 Å². The van der Waals surface area contributed by atoms with E-state index in [1.807, 2.05) is 0 Å². The van der Waals surface area contributed by atoms with Gasteiger partial charge in [0.2, 0.25) is 0 Å². The summed E-state index contributed by atoms with van der Waals surface area (Å²) in [5.41, 5.74) is 0.